The summed E-state index contributed by atoms with van der Waals surface area (Å²) in [4.78, 5) is 26.4. The molecule has 0 bridgehead atoms. The lowest BCUT2D eigenvalue weighted by Crippen LogP contribution is -2.40. The van der Waals surface area contributed by atoms with Gasteiger partial charge in [-0.1, -0.05) is 30.3 Å². The van der Waals surface area contributed by atoms with E-state index in [9.17, 15) is 14.7 Å². The predicted octanol–water partition coefficient (Wildman–Crippen LogP) is 0.831. The fourth-order valence-corrected chi connectivity index (χ4v) is 1.76. The van der Waals surface area contributed by atoms with Gasteiger partial charge in [0.2, 0.25) is 11.8 Å². The summed E-state index contributed by atoms with van der Waals surface area (Å²) in [7, 11) is 4.84. The third-order valence-electron chi connectivity index (χ3n) is 3.19. The van der Waals surface area contributed by atoms with Crippen molar-refractivity contribution in [1.82, 2.24) is 9.80 Å². The van der Waals surface area contributed by atoms with Crippen LogP contribution in [0.25, 0.3) is 0 Å². The Kier molecular flexibility index (Phi) is 5.27. The predicted molar refractivity (Wildman–Crippen MR) is 77.0 cm³/mol. The van der Waals surface area contributed by atoms with Gasteiger partial charge in [0.1, 0.15) is 0 Å². The van der Waals surface area contributed by atoms with Gasteiger partial charge >= 0.3 is 0 Å². The monoisotopic (exact) mass is 278 g/mol. The maximum Gasteiger partial charge on any atom is 0.241 e. The van der Waals surface area contributed by atoms with Crippen molar-refractivity contribution in [2.24, 2.45) is 0 Å². The zero-order valence-electron chi connectivity index (χ0n) is 12.5. The quantitative estimate of drug-likeness (QED) is 0.868. The second-order valence-corrected chi connectivity index (χ2v) is 5.35. The molecule has 2 amide bonds. The van der Waals surface area contributed by atoms with Crippen LogP contribution in [-0.2, 0) is 15.2 Å². The summed E-state index contributed by atoms with van der Waals surface area (Å²) in [6.45, 7) is 1.61. The Morgan fingerprint density at radius 2 is 1.65 bits per heavy atom. The lowest BCUT2D eigenvalue weighted by molar-refractivity contribution is -0.141. The molecule has 0 saturated heterocycles. The second-order valence-electron chi connectivity index (χ2n) is 5.35. The molecule has 1 N–H and O–H groups in total. The number of aliphatic hydroxyl groups is 1. The van der Waals surface area contributed by atoms with Crippen LogP contribution in [0.1, 0.15) is 18.9 Å². The minimum atomic E-state index is -1.24. The molecule has 1 aromatic carbocycles. The molecule has 20 heavy (non-hydrogen) atoms. The smallest absolute Gasteiger partial charge is 0.241 e. The van der Waals surface area contributed by atoms with Crippen molar-refractivity contribution in [2.75, 3.05) is 27.7 Å². The van der Waals surface area contributed by atoms with Gasteiger partial charge in [-0.3, -0.25) is 9.59 Å². The summed E-state index contributed by atoms with van der Waals surface area (Å²) in [5.41, 5.74) is -0.561. The van der Waals surface area contributed by atoms with E-state index in [2.05, 4.69) is 0 Å². The Morgan fingerprint density at radius 3 is 2.15 bits per heavy atom. The molecular weight excluding hydrogens is 256 g/mol. The summed E-state index contributed by atoms with van der Waals surface area (Å²) < 4.78 is 0. The van der Waals surface area contributed by atoms with Crippen LogP contribution in [0.4, 0.5) is 0 Å². The van der Waals surface area contributed by atoms with E-state index >= 15 is 0 Å². The maximum absolute atomic E-state index is 12.1. The largest absolute Gasteiger partial charge is 0.385 e. The van der Waals surface area contributed by atoms with Gasteiger partial charge in [-0.15, -0.1) is 0 Å². The fraction of sp³-hybridized carbons (Fsp3) is 0.467. The SMILES string of the molecule is CN(C)C(=O)CN(C)C(=O)CC(C)(O)c1ccccc1. The molecule has 0 fully saturated rings. The molecule has 1 atom stereocenters. The van der Waals surface area contributed by atoms with Crippen LogP contribution in [0, 0.1) is 0 Å². The Hall–Kier alpha value is -1.88. The van der Waals surface area contributed by atoms with E-state index in [1.165, 1.54) is 9.80 Å². The highest BCUT2D eigenvalue weighted by atomic mass is 16.3. The van der Waals surface area contributed by atoms with Crippen molar-refractivity contribution in [3.63, 3.8) is 0 Å². The van der Waals surface area contributed by atoms with Crippen LogP contribution >= 0.6 is 0 Å². The molecule has 5 heteroatoms. The number of carbonyl (C=O) groups excluding carboxylic acids is 2. The van der Waals surface area contributed by atoms with Gasteiger partial charge in [-0.2, -0.15) is 0 Å². The van der Waals surface area contributed by atoms with Crippen molar-refractivity contribution >= 4 is 11.8 Å². The van der Waals surface area contributed by atoms with Crippen molar-refractivity contribution in [1.29, 1.82) is 0 Å². The van der Waals surface area contributed by atoms with Crippen LogP contribution in [0.3, 0.4) is 0 Å². The molecule has 0 aliphatic heterocycles. The Labute approximate surface area is 119 Å². The molecule has 1 unspecified atom stereocenters. The topological polar surface area (TPSA) is 60.9 Å². The third kappa shape index (κ3) is 4.35. The first kappa shape index (κ1) is 16.2. The van der Waals surface area contributed by atoms with Crippen LogP contribution < -0.4 is 0 Å². The molecular formula is C15H22N2O3. The van der Waals surface area contributed by atoms with E-state index in [1.54, 1.807) is 40.2 Å². The van der Waals surface area contributed by atoms with Gasteiger partial charge in [0.05, 0.1) is 18.6 Å². The van der Waals surface area contributed by atoms with E-state index in [-0.39, 0.29) is 24.8 Å². The number of hydrogen-bond donors (Lipinski definition) is 1. The highest BCUT2D eigenvalue weighted by molar-refractivity contribution is 5.84. The molecule has 1 rings (SSSR count). The van der Waals surface area contributed by atoms with E-state index in [0.29, 0.717) is 5.56 Å². The molecule has 0 saturated carbocycles. The Morgan fingerprint density at radius 1 is 1.10 bits per heavy atom. The van der Waals surface area contributed by atoms with Crippen molar-refractivity contribution in [3.8, 4) is 0 Å². The van der Waals surface area contributed by atoms with Crippen LogP contribution in [-0.4, -0.2) is 54.4 Å². The normalized spacial score (nSPS) is 13.4. The summed E-state index contributed by atoms with van der Waals surface area (Å²) >= 11 is 0. The standard InChI is InChI=1S/C15H22N2O3/c1-15(20,12-8-6-5-7-9-12)10-13(18)17(4)11-14(19)16(2)3/h5-9,20H,10-11H2,1-4H3. The van der Waals surface area contributed by atoms with Gasteiger partial charge in [0.15, 0.2) is 0 Å². The third-order valence-corrected chi connectivity index (χ3v) is 3.19. The molecule has 0 spiro atoms. The summed E-state index contributed by atoms with van der Waals surface area (Å²) in [5, 5.41) is 10.4. The van der Waals surface area contributed by atoms with Gasteiger partial charge in [0.25, 0.3) is 0 Å². The van der Waals surface area contributed by atoms with Crippen LogP contribution in [0.2, 0.25) is 0 Å². The Bertz CT molecular complexity index is 469. The summed E-state index contributed by atoms with van der Waals surface area (Å²) in [5.74, 6) is -0.422. The number of benzene rings is 1. The second kappa shape index (κ2) is 6.52. The highest BCUT2D eigenvalue weighted by Gasteiger charge is 2.28. The first-order chi connectivity index (χ1) is 9.24. The first-order valence-electron chi connectivity index (χ1n) is 6.46. The van der Waals surface area contributed by atoms with Gasteiger partial charge < -0.3 is 14.9 Å². The number of hydrogen-bond acceptors (Lipinski definition) is 3. The molecule has 0 heterocycles. The number of amides is 2. The van der Waals surface area contributed by atoms with Crippen molar-refractivity contribution < 1.29 is 14.7 Å². The molecule has 0 aromatic heterocycles. The lowest BCUT2D eigenvalue weighted by Gasteiger charge is -2.26. The van der Waals surface area contributed by atoms with Crippen molar-refractivity contribution in [2.45, 2.75) is 18.9 Å². The van der Waals surface area contributed by atoms with E-state index in [1.807, 2.05) is 18.2 Å². The zero-order valence-corrected chi connectivity index (χ0v) is 12.5. The van der Waals surface area contributed by atoms with Gasteiger partial charge in [0, 0.05) is 21.1 Å². The minimum Gasteiger partial charge on any atom is -0.385 e. The van der Waals surface area contributed by atoms with E-state index < -0.39 is 5.60 Å². The lowest BCUT2D eigenvalue weighted by atomic mass is 9.92. The highest BCUT2D eigenvalue weighted by Crippen LogP contribution is 2.24. The van der Waals surface area contributed by atoms with E-state index in [0.717, 1.165) is 0 Å². The number of nitrogens with zero attached hydrogens (tertiary/aromatic N) is 2. The molecule has 110 valence electrons. The first-order valence-corrected chi connectivity index (χ1v) is 6.46. The Balaban J connectivity index is 2.68. The minimum absolute atomic E-state index is 0.0106. The molecule has 0 radical (unpaired) electrons. The number of carbonyl (C=O) groups is 2. The van der Waals surface area contributed by atoms with Crippen LogP contribution in [0.5, 0.6) is 0 Å². The van der Waals surface area contributed by atoms with Crippen LogP contribution in [0.15, 0.2) is 30.3 Å². The summed E-state index contributed by atoms with van der Waals surface area (Å²) in [6.07, 6.45) is -0.0613. The van der Waals surface area contributed by atoms with Crippen molar-refractivity contribution in [3.05, 3.63) is 35.9 Å². The summed E-state index contributed by atoms with van der Waals surface area (Å²) in [6, 6.07) is 9.03. The number of likely N-dealkylation sites (N-methyl/N-ethyl adjacent to an activating group) is 2. The average Bonchev–Trinajstić information content (AvgIpc) is 2.39. The molecule has 0 aliphatic carbocycles. The average molecular weight is 278 g/mol. The van der Waals surface area contributed by atoms with E-state index in [4.69, 9.17) is 0 Å². The number of rotatable bonds is 5. The maximum atomic E-state index is 12.1. The molecule has 1 aromatic rings. The molecule has 5 nitrogen and oxygen atoms in total. The van der Waals surface area contributed by atoms with Gasteiger partial charge in [-0.05, 0) is 12.5 Å². The zero-order chi connectivity index (χ0) is 15.3. The molecule has 0 aliphatic rings. The fourth-order valence-electron chi connectivity index (χ4n) is 1.76. The van der Waals surface area contributed by atoms with Gasteiger partial charge in [-0.25, -0.2) is 0 Å².